The molecule has 0 saturated carbocycles. The number of amides is 2. The van der Waals surface area contributed by atoms with Gasteiger partial charge in [0.2, 0.25) is 21.8 Å². The molecule has 0 aliphatic rings. The van der Waals surface area contributed by atoms with Crippen molar-refractivity contribution in [3.8, 4) is 0 Å². The SMILES string of the molecule is CC[C@H](C(=O)NC(C)C)N(Cc1ccc(Cl)cc1Cl)C(=O)CN(c1ccc(F)c(F)c1)S(C)(=O)=O. The number of rotatable bonds is 10. The molecule has 1 N–H and O–H groups in total. The number of hydrogen-bond acceptors (Lipinski definition) is 4. The third-order valence-corrected chi connectivity index (χ3v) is 6.77. The first-order chi connectivity index (χ1) is 16.2. The minimum absolute atomic E-state index is 0.117. The van der Waals surface area contributed by atoms with Gasteiger partial charge >= 0.3 is 0 Å². The number of carbonyl (C=O) groups excluding carboxylic acids is 2. The van der Waals surface area contributed by atoms with Crippen LogP contribution < -0.4 is 9.62 Å². The average molecular weight is 550 g/mol. The van der Waals surface area contributed by atoms with Crippen molar-refractivity contribution in [2.75, 3.05) is 17.1 Å². The van der Waals surface area contributed by atoms with E-state index in [-0.39, 0.29) is 29.7 Å². The Morgan fingerprint density at radius 1 is 1.06 bits per heavy atom. The fraction of sp³-hybridized carbons (Fsp3) is 0.391. The molecule has 0 spiro atoms. The van der Waals surface area contributed by atoms with Crippen molar-refractivity contribution < 1.29 is 26.8 Å². The Labute approximate surface area is 214 Å². The third kappa shape index (κ3) is 7.78. The maximum atomic E-state index is 13.8. The summed E-state index contributed by atoms with van der Waals surface area (Å²) in [5.41, 5.74) is 0.253. The zero-order valence-electron chi connectivity index (χ0n) is 19.7. The summed E-state index contributed by atoms with van der Waals surface area (Å²) in [7, 11) is -4.08. The highest BCUT2D eigenvalue weighted by atomic mass is 35.5. The Hall–Kier alpha value is -2.43. The van der Waals surface area contributed by atoms with Crippen molar-refractivity contribution in [3.05, 3.63) is 63.6 Å². The standard InChI is InChI=1S/C23H27Cl2F2N3O4S/c1-5-21(23(32)28-14(2)3)29(12-15-6-7-16(24)10-18(15)25)22(31)13-30(35(4,33)34)17-8-9-19(26)20(27)11-17/h6-11,14,21H,5,12-13H2,1-4H3,(H,28,32)/t21-/m1/s1. The summed E-state index contributed by atoms with van der Waals surface area (Å²) >= 11 is 12.3. The van der Waals surface area contributed by atoms with Crippen LogP contribution in [0.25, 0.3) is 0 Å². The van der Waals surface area contributed by atoms with Crippen molar-refractivity contribution in [1.82, 2.24) is 10.2 Å². The van der Waals surface area contributed by atoms with Crippen LogP contribution in [0.4, 0.5) is 14.5 Å². The molecule has 0 fully saturated rings. The first-order valence-electron chi connectivity index (χ1n) is 10.7. The molecule has 35 heavy (non-hydrogen) atoms. The Bertz CT molecular complexity index is 1200. The van der Waals surface area contributed by atoms with Crippen LogP contribution in [0.2, 0.25) is 10.0 Å². The van der Waals surface area contributed by atoms with Gasteiger partial charge in [-0.3, -0.25) is 13.9 Å². The predicted octanol–water partition coefficient (Wildman–Crippen LogP) is 4.37. The van der Waals surface area contributed by atoms with Crippen LogP contribution >= 0.6 is 23.2 Å². The molecular formula is C23H27Cl2F2N3O4S. The van der Waals surface area contributed by atoms with Crippen LogP contribution in [0.15, 0.2) is 36.4 Å². The van der Waals surface area contributed by atoms with Crippen molar-refractivity contribution in [3.63, 3.8) is 0 Å². The van der Waals surface area contributed by atoms with Crippen molar-refractivity contribution >= 4 is 50.7 Å². The van der Waals surface area contributed by atoms with E-state index < -0.39 is 46.1 Å². The highest BCUT2D eigenvalue weighted by Crippen LogP contribution is 2.25. The lowest BCUT2D eigenvalue weighted by Gasteiger charge is -2.33. The maximum Gasteiger partial charge on any atom is 0.244 e. The second-order valence-corrected chi connectivity index (χ2v) is 11.0. The average Bonchev–Trinajstić information content (AvgIpc) is 2.74. The van der Waals surface area contributed by atoms with Crippen LogP contribution in [0.3, 0.4) is 0 Å². The van der Waals surface area contributed by atoms with Crippen molar-refractivity contribution in [1.29, 1.82) is 0 Å². The van der Waals surface area contributed by atoms with Crippen LogP contribution in [0, 0.1) is 11.6 Å². The van der Waals surface area contributed by atoms with E-state index in [2.05, 4.69) is 5.32 Å². The molecule has 2 amide bonds. The topological polar surface area (TPSA) is 86.8 Å². The Morgan fingerprint density at radius 3 is 2.23 bits per heavy atom. The first kappa shape index (κ1) is 28.8. The van der Waals surface area contributed by atoms with Gasteiger partial charge in [-0.1, -0.05) is 36.2 Å². The van der Waals surface area contributed by atoms with Crippen LogP contribution in [-0.4, -0.2) is 50.0 Å². The van der Waals surface area contributed by atoms with Gasteiger partial charge in [0.15, 0.2) is 11.6 Å². The molecule has 0 aliphatic carbocycles. The zero-order valence-corrected chi connectivity index (χ0v) is 22.0. The van der Waals surface area contributed by atoms with Gasteiger partial charge in [0.1, 0.15) is 12.6 Å². The highest BCUT2D eigenvalue weighted by molar-refractivity contribution is 7.92. The van der Waals surface area contributed by atoms with Gasteiger partial charge in [-0.15, -0.1) is 0 Å². The van der Waals surface area contributed by atoms with E-state index in [0.29, 0.717) is 21.0 Å². The normalized spacial score (nSPS) is 12.4. The summed E-state index contributed by atoms with van der Waals surface area (Å²) in [6.07, 6.45) is 1.06. The minimum Gasteiger partial charge on any atom is -0.352 e. The van der Waals surface area contributed by atoms with Gasteiger partial charge in [0.05, 0.1) is 11.9 Å². The summed E-state index contributed by atoms with van der Waals surface area (Å²) in [5, 5.41) is 3.39. The van der Waals surface area contributed by atoms with E-state index in [1.807, 2.05) is 0 Å². The number of anilines is 1. The van der Waals surface area contributed by atoms with Gasteiger partial charge < -0.3 is 10.2 Å². The number of carbonyl (C=O) groups is 2. The monoisotopic (exact) mass is 549 g/mol. The lowest BCUT2D eigenvalue weighted by atomic mass is 10.1. The number of halogens is 4. The molecule has 12 heteroatoms. The molecule has 2 rings (SSSR count). The highest BCUT2D eigenvalue weighted by Gasteiger charge is 2.32. The molecule has 0 bridgehead atoms. The number of benzene rings is 2. The van der Waals surface area contributed by atoms with Crippen molar-refractivity contribution in [2.24, 2.45) is 0 Å². The van der Waals surface area contributed by atoms with Gasteiger partial charge in [-0.05, 0) is 50.1 Å². The molecule has 0 saturated heterocycles. The predicted molar refractivity (Wildman–Crippen MR) is 133 cm³/mol. The van der Waals surface area contributed by atoms with E-state index in [9.17, 15) is 26.8 Å². The summed E-state index contributed by atoms with van der Waals surface area (Å²) < 4.78 is 52.9. The molecule has 7 nitrogen and oxygen atoms in total. The fourth-order valence-electron chi connectivity index (χ4n) is 3.39. The molecule has 0 unspecified atom stereocenters. The van der Waals surface area contributed by atoms with Gasteiger partial charge in [0, 0.05) is 28.7 Å². The zero-order chi connectivity index (χ0) is 26.5. The second kappa shape index (κ2) is 12.0. The largest absolute Gasteiger partial charge is 0.352 e. The van der Waals surface area contributed by atoms with Gasteiger partial charge in [-0.2, -0.15) is 0 Å². The molecule has 0 aliphatic heterocycles. The Balaban J connectivity index is 2.50. The van der Waals surface area contributed by atoms with Crippen molar-refractivity contribution in [2.45, 2.75) is 45.8 Å². The van der Waals surface area contributed by atoms with Gasteiger partial charge in [0.25, 0.3) is 0 Å². The summed E-state index contributed by atoms with van der Waals surface area (Å²) in [6.45, 7) is 4.37. The quantitative estimate of drug-likeness (QED) is 0.476. The first-order valence-corrected chi connectivity index (χ1v) is 13.3. The molecule has 0 aromatic heterocycles. The molecule has 1 atom stereocenters. The number of sulfonamides is 1. The van der Waals surface area contributed by atoms with Crippen LogP contribution in [0.1, 0.15) is 32.8 Å². The number of hydrogen-bond donors (Lipinski definition) is 1. The maximum absolute atomic E-state index is 13.8. The molecule has 2 aromatic rings. The number of nitrogens with zero attached hydrogens (tertiary/aromatic N) is 2. The van der Waals surface area contributed by atoms with E-state index in [1.165, 1.54) is 11.0 Å². The van der Waals surface area contributed by atoms with Gasteiger partial charge in [-0.25, -0.2) is 17.2 Å². The lowest BCUT2D eigenvalue weighted by Crippen LogP contribution is -2.53. The summed E-state index contributed by atoms with van der Waals surface area (Å²) in [4.78, 5) is 27.6. The van der Waals surface area contributed by atoms with E-state index in [0.717, 1.165) is 18.4 Å². The van der Waals surface area contributed by atoms with E-state index >= 15 is 0 Å². The van der Waals surface area contributed by atoms with Crippen LogP contribution in [0.5, 0.6) is 0 Å². The smallest absolute Gasteiger partial charge is 0.244 e. The molecule has 0 radical (unpaired) electrons. The fourth-order valence-corrected chi connectivity index (χ4v) is 4.70. The second-order valence-electron chi connectivity index (χ2n) is 8.21. The molecule has 192 valence electrons. The molecule has 0 heterocycles. The molecule has 2 aromatic carbocycles. The minimum atomic E-state index is -4.08. The van der Waals surface area contributed by atoms with Crippen LogP contribution in [-0.2, 0) is 26.2 Å². The summed E-state index contributed by atoms with van der Waals surface area (Å²) in [6, 6.07) is 6.00. The molecular weight excluding hydrogens is 523 g/mol. The third-order valence-electron chi connectivity index (χ3n) is 5.04. The van der Waals surface area contributed by atoms with E-state index in [1.54, 1.807) is 32.9 Å². The lowest BCUT2D eigenvalue weighted by molar-refractivity contribution is -0.140. The Kier molecular flexibility index (Phi) is 9.88. The number of nitrogens with one attached hydrogen (secondary N) is 1. The Morgan fingerprint density at radius 2 is 1.71 bits per heavy atom. The summed E-state index contributed by atoms with van der Waals surface area (Å²) in [5.74, 6) is -3.60. The van der Waals surface area contributed by atoms with E-state index in [4.69, 9.17) is 23.2 Å².